The molecule has 5 heteroatoms. The molecule has 0 aliphatic carbocycles. The molecule has 3 aromatic rings. The lowest BCUT2D eigenvalue weighted by Crippen LogP contribution is -2.50. The van der Waals surface area contributed by atoms with E-state index in [2.05, 4.69) is 46.4 Å². The lowest BCUT2D eigenvalue weighted by molar-refractivity contribution is -0.126. The Morgan fingerprint density at radius 3 is 2.86 bits per heavy atom. The average molecular weight is 377 g/mol. The molecule has 28 heavy (non-hydrogen) atoms. The molecule has 0 fully saturated rings. The molecule has 2 aromatic carbocycles. The number of H-pyrrole nitrogens is 1. The molecule has 1 aliphatic heterocycles. The van der Waals surface area contributed by atoms with Crippen molar-refractivity contribution < 1.29 is 9.53 Å². The summed E-state index contributed by atoms with van der Waals surface area (Å²) in [5, 5.41) is 4.30. The number of carbonyl (C=O) groups excluding carboxylic acids is 1. The first-order valence-corrected chi connectivity index (χ1v) is 9.92. The van der Waals surface area contributed by atoms with Gasteiger partial charge in [-0.1, -0.05) is 31.2 Å². The molecule has 0 bridgehead atoms. The first kappa shape index (κ1) is 18.6. The Labute approximate surface area is 165 Å². The Hall–Kier alpha value is -2.79. The lowest BCUT2D eigenvalue weighted by atomic mass is 9.93. The molecule has 5 nitrogen and oxygen atoms in total. The molecule has 1 aliphatic rings. The summed E-state index contributed by atoms with van der Waals surface area (Å²) in [7, 11) is 1.68. The highest BCUT2D eigenvalue weighted by atomic mass is 16.5. The van der Waals surface area contributed by atoms with Crippen molar-refractivity contribution in [3.8, 4) is 5.75 Å². The molecule has 1 unspecified atom stereocenters. The molecule has 2 heterocycles. The topological polar surface area (TPSA) is 57.4 Å². The fourth-order valence-electron chi connectivity index (χ4n) is 4.10. The van der Waals surface area contributed by atoms with E-state index >= 15 is 0 Å². The van der Waals surface area contributed by atoms with Crippen LogP contribution in [-0.2, 0) is 24.2 Å². The van der Waals surface area contributed by atoms with Gasteiger partial charge in [0.1, 0.15) is 5.75 Å². The standard InChI is InChI=1S/C23H27N3O2/c1-3-26-15-18-7-5-4-6-16(18)12-22(26)23(27)24-11-10-17-14-25-21-9-8-19(28-2)13-20(17)21/h4-9,13-14,22,25H,3,10-12,15H2,1-2H3,(H,24,27). The van der Waals surface area contributed by atoms with E-state index in [0.29, 0.717) is 6.54 Å². The van der Waals surface area contributed by atoms with Gasteiger partial charge in [-0.2, -0.15) is 0 Å². The molecule has 1 amide bonds. The van der Waals surface area contributed by atoms with Gasteiger partial charge in [0.25, 0.3) is 0 Å². The molecule has 1 atom stereocenters. The summed E-state index contributed by atoms with van der Waals surface area (Å²) in [5.41, 5.74) is 4.90. The zero-order chi connectivity index (χ0) is 19.5. The van der Waals surface area contributed by atoms with Crippen molar-refractivity contribution in [2.75, 3.05) is 20.2 Å². The number of likely N-dealkylation sites (N-methyl/N-ethyl adjacent to an activating group) is 1. The van der Waals surface area contributed by atoms with Crippen molar-refractivity contribution >= 4 is 16.8 Å². The van der Waals surface area contributed by atoms with Crippen LogP contribution < -0.4 is 10.1 Å². The Kier molecular flexibility index (Phi) is 5.35. The van der Waals surface area contributed by atoms with Gasteiger partial charge in [0.15, 0.2) is 0 Å². The minimum absolute atomic E-state index is 0.0945. The summed E-state index contributed by atoms with van der Waals surface area (Å²) >= 11 is 0. The quantitative estimate of drug-likeness (QED) is 0.693. The third-order valence-corrected chi connectivity index (χ3v) is 5.72. The minimum atomic E-state index is -0.0945. The van der Waals surface area contributed by atoms with Crippen LogP contribution in [0.25, 0.3) is 10.9 Å². The van der Waals surface area contributed by atoms with Crippen molar-refractivity contribution in [3.05, 3.63) is 65.4 Å². The van der Waals surface area contributed by atoms with Gasteiger partial charge in [-0.25, -0.2) is 0 Å². The van der Waals surface area contributed by atoms with Crippen LogP contribution in [-0.4, -0.2) is 42.0 Å². The molecule has 0 radical (unpaired) electrons. The number of benzene rings is 2. The van der Waals surface area contributed by atoms with Gasteiger partial charge in [0.05, 0.1) is 13.2 Å². The second-order valence-corrected chi connectivity index (χ2v) is 7.32. The fraction of sp³-hybridized carbons (Fsp3) is 0.348. The van der Waals surface area contributed by atoms with Crippen LogP contribution in [0.3, 0.4) is 0 Å². The highest BCUT2D eigenvalue weighted by Gasteiger charge is 2.30. The third kappa shape index (κ3) is 3.62. The van der Waals surface area contributed by atoms with Gasteiger partial charge in [0.2, 0.25) is 5.91 Å². The van der Waals surface area contributed by atoms with Gasteiger partial charge in [-0.05, 0) is 54.3 Å². The van der Waals surface area contributed by atoms with E-state index in [1.165, 1.54) is 16.7 Å². The second-order valence-electron chi connectivity index (χ2n) is 7.32. The van der Waals surface area contributed by atoms with Crippen LogP contribution in [0, 0.1) is 0 Å². The summed E-state index contributed by atoms with van der Waals surface area (Å²) in [4.78, 5) is 18.4. The third-order valence-electron chi connectivity index (χ3n) is 5.72. The number of carbonyl (C=O) groups is 1. The molecule has 2 N–H and O–H groups in total. The molecule has 0 spiro atoms. The molecule has 146 valence electrons. The zero-order valence-electron chi connectivity index (χ0n) is 16.5. The maximum atomic E-state index is 12.9. The number of methoxy groups -OCH3 is 1. The van der Waals surface area contributed by atoms with Crippen LogP contribution in [0.2, 0.25) is 0 Å². The first-order chi connectivity index (χ1) is 13.7. The number of hydrogen-bond acceptors (Lipinski definition) is 3. The van der Waals surface area contributed by atoms with Crippen LogP contribution in [0.15, 0.2) is 48.7 Å². The number of nitrogens with one attached hydrogen (secondary N) is 2. The molecule has 4 rings (SSSR count). The van der Waals surface area contributed by atoms with E-state index in [0.717, 1.165) is 42.6 Å². The van der Waals surface area contributed by atoms with Crippen molar-refractivity contribution in [1.29, 1.82) is 0 Å². The average Bonchev–Trinajstić information content (AvgIpc) is 3.14. The number of amides is 1. The predicted molar refractivity (Wildman–Crippen MR) is 112 cm³/mol. The highest BCUT2D eigenvalue weighted by Crippen LogP contribution is 2.25. The number of rotatable bonds is 6. The van der Waals surface area contributed by atoms with Crippen molar-refractivity contribution in [3.63, 3.8) is 0 Å². The summed E-state index contributed by atoms with van der Waals surface area (Å²) < 4.78 is 5.33. The highest BCUT2D eigenvalue weighted by molar-refractivity contribution is 5.85. The van der Waals surface area contributed by atoms with Crippen LogP contribution in [0.1, 0.15) is 23.6 Å². The molecule has 0 saturated heterocycles. The van der Waals surface area contributed by atoms with Crippen LogP contribution in [0.5, 0.6) is 5.75 Å². The number of ether oxygens (including phenoxy) is 1. The Morgan fingerprint density at radius 2 is 2.07 bits per heavy atom. The van der Waals surface area contributed by atoms with Gasteiger partial charge >= 0.3 is 0 Å². The number of fused-ring (bicyclic) bond motifs is 2. The van der Waals surface area contributed by atoms with Crippen molar-refractivity contribution in [1.82, 2.24) is 15.2 Å². The van der Waals surface area contributed by atoms with Crippen LogP contribution in [0.4, 0.5) is 0 Å². The monoisotopic (exact) mass is 377 g/mol. The van der Waals surface area contributed by atoms with Crippen LogP contribution >= 0.6 is 0 Å². The Balaban J connectivity index is 1.40. The van der Waals surface area contributed by atoms with Gasteiger partial charge in [0, 0.05) is 30.2 Å². The Morgan fingerprint density at radius 1 is 1.25 bits per heavy atom. The van der Waals surface area contributed by atoms with E-state index in [4.69, 9.17) is 4.74 Å². The minimum Gasteiger partial charge on any atom is -0.497 e. The van der Waals surface area contributed by atoms with Gasteiger partial charge in [-0.15, -0.1) is 0 Å². The fourth-order valence-corrected chi connectivity index (χ4v) is 4.10. The van der Waals surface area contributed by atoms with Crippen molar-refractivity contribution in [2.45, 2.75) is 32.4 Å². The van der Waals surface area contributed by atoms with E-state index in [9.17, 15) is 4.79 Å². The number of aromatic amines is 1. The number of hydrogen-bond donors (Lipinski definition) is 2. The molecular formula is C23H27N3O2. The molecule has 1 aromatic heterocycles. The second kappa shape index (κ2) is 8.07. The first-order valence-electron chi connectivity index (χ1n) is 9.92. The zero-order valence-corrected chi connectivity index (χ0v) is 16.5. The van der Waals surface area contributed by atoms with Gasteiger partial charge < -0.3 is 15.0 Å². The summed E-state index contributed by atoms with van der Waals surface area (Å²) in [5.74, 6) is 0.964. The van der Waals surface area contributed by atoms with E-state index < -0.39 is 0 Å². The normalized spacial score (nSPS) is 16.7. The number of nitrogens with zero attached hydrogens (tertiary/aromatic N) is 1. The number of aromatic nitrogens is 1. The lowest BCUT2D eigenvalue weighted by Gasteiger charge is -2.35. The summed E-state index contributed by atoms with van der Waals surface area (Å²) in [6, 6.07) is 14.4. The predicted octanol–water partition coefficient (Wildman–Crippen LogP) is 3.28. The van der Waals surface area contributed by atoms with Crippen molar-refractivity contribution in [2.24, 2.45) is 0 Å². The maximum absolute atomic E-state index is 12.9. The largest absolute Gasteiger partial charge is 0.497 e. The van der Waals surface area contributed by atoms with Gasteiger partial charge in [-0.3, -0.25) is 9.69 Å². The smallest absolute Gasteiger partial charge is 0.237 e. The Bertz CT molecular complexity index is 979. The molecular weight excluding hydrogens is 350 g/mol. The molecule has 0 saturated carbocycles. The van der Waals surface area contributed by atoms with E-state index in [-0.39, 0.29) is 11.9 Å². The van der Waals surface area contributed by atoms with E-state index in [1.54, 1.807) is 7.11 Å². The maximum Gasteiger partial charge on any atom is 0.237 e. The van der Waals surface area contributed by atoms with E-state index in [1.807, 2.05) is 24.4 Å². The SMILES string of the molecule is CCN1Cc2ccccc2CC1C(=O)NCCc1c[nH]c2ccc(OC)cc12. The summed E-state index contributed by atoms with van der Waals surface area (Å²) in [6.45, 7) is 4.45. The summed E-state index contributed by atoms with van der Waals surface area (Å²) in [6.07, 6.45) is 3.58.